The molecule has 0 unspecified atom stereocenters. The van der Waals surface area contributed by atoms with Gasteiger partial charge in [0.05, 0.1) is 36.2 Å². The monoisotopic (exact) mass is 431 g/mol. The van der Waals surface area contributed by atoms with Crippen LogP contribution in [0.4, 0.5) is 11.4 Å². The molecule has 158 valence electrons. The predicted octanol–water partition coefficient (Wildman–Crippen LogP) is 3.77. The fraction of sp³-hybridized carbons (Fsp3) is 0.300. The summed E-state index contributed by atoms with van der Waals surface area (Å²) in [5, 5.41) is 11.3. The Morgan fingerprint density at radius 3 is 2.10 bits per heavy atom. The minimum atomic E-state index is -3.90. The molecule has 0 spiro atoms. The van der Waals surface area contributed by atoms with Crippen LogP contribution in [0.3, 0.4) is 0 Å². The highest BCUT2D eigenvalue weighted by atomic mass is 32.2. The van der Waals surface area contributed by atoms with E-state index in [1.165, 1.54) is 29.0 Å². The van der Waals surface area contributed by atoms with Crippen molar-refractivity contribution in [2.45, 2.75) is 30.8 Å². The van der Waals surface area contributed by atoms with Gasteiger partial charge in [-0.05, 0) is 43.2 Å². The van der Waals surface area contributed by atoms with Gasteiger partial charge in [-0.3, -0.25) is 10.1 Å². The molecule has 0 atom stereocenters. The number of rotatable bonds is 8. The van der Waals surface area contributed by atoms with Crippen molar-refractivity contribution in [3.63, 3.8) is 0 Å². The SMILES string of the molecule is O=[N+]([O-])c1ccc(N(Cc2ccco2)Cc2ccco2)c(S(=O)(=O)N2CCCC2)c1. The summed E-state index contributed by atoms with van der Waals surface area (Å²) in [7, 11) is -3.90. The fourth-order valence-corrected chi connectivity index (χ4v) is 5.31. The topological polar surface area (TPSA) is 110 Å². The van der Waals surface area contributed by atoms with E-state index in [0.29, 0.717) is 30.3 Å². The maximum atomic E-state index is 13.4. The minimum absolute atomic E-state index is 0.0864. The smallest absolute Gasteiger partial charge is 0.270 e. The number of furan rings is 2. The summed E-state index contributed by atoms with van der Waals surface area (Å²) in [6.07, 6.45) is 4.62. The van der Waals surface area contributed by atoms with Crippen LogP contribution in [-0.4, -0.2) is 30.7 Å². The maximum Gasteiger partial charge on any atom is 0.270 e. The maximum absolute atomic E-state index is 13.4. The van der Waals surface area contributed by atoms with Gasteiger partial charge in [0.25, 0.3) is 5.69 Å². The second-order valence-electron chi connectivity index (χ2n) is 7.04. The molecule has 0 N–H and O–H groups in total. The van der Waals surface area contributed by atoms with Crippen molar-refractivity contribution < 1.29 is 22.2 Å². The number of non-ortho nitro benzene ring substituents is 1. The summed E-state index contributed by atoms with van der Waals surface area (Å²) in [5.41, 5.74) is 0.0905. The third kappa shape index (κ3) is 4.10. The van der Waals surface area contributed by atoms with Crippen LogP contribution in [0.5, 0.6) is 0 Å². The Labute approximate surface area is 173 Å². The van der Waals surface area contributed by atoms with E-state index in [0.717, 1.165) is 18.9 Å². The zero-order valence-electron chi connectivity index (χ0n) is 16.1. The lowest BCUT2D eigenvalue weighted by atomic mass is 10.2. The summed E-state index contributed by atoms with van der Waals surface area (Å²) in [5.74, 6) is 1.26. The van der Waals surface area contributed by atoms with E-state index in [-0.39, 0.29) is 23.7 Å². The van der Waals surface area contributed by atoms with E-state index >= 15 is 0 Å². The molecule has 0 radical (unpaired) electrons. The van der Waals surface area contributed by atoms with Crippen molar-refractivity contribution in [3.05, 3.63) is 76.6 Å². The lowest BCUT2D eigenvalue weighted by Crippen LogP contribution is -2.31. The molecule has 1 aromatic carbocycles. The zero-order valence-corrected chi connectivity index (χ0v) is 17.0. The Kier molecular flexibility index (Phi) is 5.60. The molecular weight excluding hydrogens is 410 g/mol. The fourth-order valence-electron chi connectivity index (χ4n) is 3.56. The Hall–Kier alpha value is -3.11. The quantitative estimate of drug-likeness (QED) is 0.394. The summed E-state index contributed by atoms with van der Waals surface area (Å²) < 4.78 is 39.0. The van der Waals surface area contributed by atoms with Gasteiger partial charge in [-0.25, -0.2) is 8.42 Å². The Balaban J connectivity index is 1.81. The zero-order chi connectivity index (χ0) is 21.1. The molecule has 2 aromatic heterocycles. The van der Waals surface area contributed by atoms with Crippen molar-refractivity contribution >= 4 is 21.4 Å². The number of sulfonamides is 1. The van der Waals surface area contributed by atoms with Gasteiger partial charge in [-0.2, -0.15) is 4.31 Å². The second-order valence-corrected chi connectivity index (χ2v) is 8.94. The molecule has 1 fully saturated rings. The third-order valence-corrected chi connectivity index (χ3v) is 6.96. The highest BCUT2D eigenvalue weighted by molar-refractivity contribution is 7.89. The van der Waals surface area contributed by atoms with Gasteiger partial charge in [0.15, 0.2) is 0 Å². The number of anilines is 1. The highest BCUT2D eigenvalue weighted by Gasteiger charge is 2.32. The van der Waals surface area contributed by atoms with Gasteiger partial charge in [-0.1, -0.05) is 0 Å². The van der Waals surface area contributed by atoms with E-state index in [1.807, 2.05) is 0 Å². The molecule has 0 bridgehead atoms. The van der Waals surface area contributed by atoms with Crippen LogP contribution in [0.25, 0.3) is 0 Å². The van der Waals surface area contributed by atoms with Crippen molar-refractivity contribution in [2.75, 3.05) is 18.0 Å². The Morgan fingerprint density at radius 2 is 1.60 bits per heavy atom. The summed E-state index contributed by atoms with van der Waals surface area (Å²) in [4.78, 5) is 12.5. The van der Waals surface area contributed by atoms with E-state index < -0.39 is 14.9 Å². The second kappa shape index (κ2) is 8.33. The number of nitro benzene ring substituents is 1. The summed E-state index contributed by atoms with van der Waals surface area (Å²) in [6.45, 7) is 1.35. The van der Waals surface area contributed by atoms with Gasteiger partial charge in [0.2, 0.25) is 10.0 Å². The molecule has 0 aliphatic carbocycles. The first kappa shape index (κ1) is 20.2. The molecule has 1 saturated heterocycles. The molecule has 30 heavy (non-hydrogen) atoms. The van der Waals surface area contributed by atoms with Crippen molar-refractivity contribution in [3.8, 4) is 0 Å². The first-order chi connectivity index (χ1) is 14.4. The first-order valence-electron chi connectivity index (χ1n) is 9.53. The molecular formula is C20H21N3O6S. The van der Waals surface area contributed by atoms with Gasteiger partial charge >= 0.3 is 0 Å². The van der Waals surface area contributed by atoms with Crippen molar-refractivity contribution in [1.29, 1.82) is 0 Å². The lowest BCUT2D eigenvalue weighted by molar-refractivity contribution is -0.385. The first-order valence-corrected chi connectivity index (χ1v) is 11.0. The number of nitrogens with zero attached hydrogens (tertiary/aromatic N) is 3. The molecule has 10 heteroatoms. The third-order valence-electron chi connectivity index (χ3n) is 5.03. The predicted molar refractivity (Wildman–Crippen MR) is 108 cm³/mol. The van der Waals surface area contributed by atoms with Gasteiger partial charge in [-0.15, -0.1) is 0 Å². The Bertz CT molecular complexity index is 1070. The number of benzene rings is 1. The summed E-state index contributed by atoms with van der Waals surface area (Å²) in [6, 6.07) is 11.0. The largest absolute Gasteiger partial charge is 0.467 e. The molecule has 1 aliphatic heterocycles. The molecule has 4 rings (SSSR count). The van der Waals surface area contributed by atoms with Crippen LogP contribution in [0.15, 0.2) is 68.7 Å². The standard InChI is InChI=1S/C20H21N3O6S/c24-23(25)16-7-8-19(20(13-16)30(26,27)22-9-1-2-10-22)21(14-17-5-3-11-28-17)15-18-6-4-12-29-18/h3-8,11-13H,1-2,9-10,14-15H2. The van der Waals surface area contributed by atoms with Crippen molar-refractivity contribution in [1.82, 2.24) is 4.31 Å². The average Bonchev–Trinajstić information content (AvgIpc) is 3.49. The minimum Gasteiger partial charge on any atom is -0.467 e. The van der Waals surface area contributed by atoms with Crippen LogP contribution in [-0.2, 0) is 23.1 Å². The highest BCUT2D eigenvalue weighted by Crippen LogP contribution is 2.34. The summed E-state index contributed by atoms with van der Waals surface area (Å²) >= 11 is 0. The van der Waals surface area contributed by atoms with Crippen molar-refractivity contribution in [2.24, 2.45) is 0 Å². The van der Waals surface area contributed by atoms with Gasteiger partial charge < -0.3 is 13.7 Å². The van der Waals surface area contributed by atoms with Crippen LogP contribution >= 0.6 is 0 Å². The normalized spacial score (nSPS) is 14.8. The number of hydrogen-bond acceptors (Lipinski definition) is 7. The van der Waals surface area contributed by atoms with Crippen LogP contribution in [0.1, 0.15) is 24.4 Å². The molecule has 0 saturated carbocycles. The molecule has 1 aliphatic rings. The van der Waals surface area contributed by atoms with Gasteiger partial charge in [0.1, 0.15) is 16.4 Å². The van der Waals surface area contributed by atoms with Crippen LogP contribution in [0.2, 0.25) is 0 Å². The van der Waals surface area contributed by atoms with Crippen LogP contribution in [0, 0.1) is 10.1 Å². The van der Waals surface area contributed by atoms with Gasteiger partial charge in [0, 0.05) is 25.2 Å². The Morgan fingerprint density at radius 1 is 1.00 bits per heavy atom. The lowest BCUT2D eigenvalue weighted by Gasteiger charge is -2.27. The molecule has 0 amide bonds. The molecule has 3 heterocycles. The van der Waals surface area contributed by atoms with E-state index in [2.05, 4.69) is 0 Å². The number of hydrogen-bond donors (Lipinski definition) is 0. The average molecular weight is 431 g/mol. The van der Waals surface area contributed by atoms with Crippen LogP contribution < -0.4 is 4.90 Å². The van der Waals surface area contributed by atoms with E-state index in [4.69, 9.17) is 8.83 Å². The molecule has 9 nitrogen and oxygen atoms in total. The number of nitro groups is 1. The van der Waals surface area contributed by atoms with E-state index in [1.54, 1.807) is 29.2 Å². The molecule has 3 aromatic rings. The van der Waals surface area contributed by atoms with E-state index in [9.17, 15) is 18.5 Å².